The molecule has 0 aliphatic heterocycles. The zero-order valence-electron chi connectivity index (χ0n) is 21.7. The number of esters is 1. The first-order valence-electron chi connectivity index (χ1n) is 12.2. The maximum absolute atomic E-state index is 12.8. The molecule has 0 radical (unpaired) electrons. The molecule has 0 aliphatic carbocycles. The summed E-state index contributed by atoms with van der Waals surface area (Å²) < 4.78 is 12.7. The van der Waals surface area contributed by atoms with Crippen molar-refractivity contribution in [1.29, 1.82) is 0 Å². The lowest BCUT2D eigenvalue weighted by Gasteiger charge is -2.19. The number of hydrogen-bond donors (Lipinski definition) is 2. The second-order valence-electron chi connectivity index (χ2n) is 8.47. The highest BCUT2D eigenvalue weighted by molar-refractivity contribution is 5.96. The van der Waals surface area contributed by atoms with Gasteiger partial charge in [0.15, 0.2) is 17.4 Å². The van der Waals surface area contributed by atoms with Gasteiger partial charge in [0.2, 0.25) is 5.95 Å². The van der Waals surface area contributed by atoms with E-state index in [9.17, 15) is 4.79 Å². The Balaban J connectivity index is 1.45. The molecular weight excluding hydrogens is 498 g/mol. The summed E-state index contributed by atoms with van der Waals surface area (Å²) in [5, 5.41) is 14.6. The molecule has 12 heteroatoms. The number of ether oxygens (including phenoxy) is 2. The first-order valence-corrected chi connectivity index (χ1v) is 12.2. The molecule has 0 fully saturated rings. The van der Waals surface area contributed by atoms with Gasteiger partial charge in [-0.2, -0.15) is 15.2 Å². The Kier molecular flexibility index (Phi) is 7.44. The summed E-state index contributed by atoms with van der Waals surface area (Å²) in [4.78, 5) is 28.0. The summed E-state index contributed by atoms with van der Waals surface area (Å²) in [5.74, 6) is 1.11. The van der Waals surface area contributed by atoms with Crippen molar-refractivity contribution >= 4 is 23.4 Å². The Hall–Kier alpha value is -5.26. The van der Waals surface area contributed by atoms with E-state index in [0.717, 1.165) is 11.3 Å². The fraction of sp³-hybridized carbons (Fsp3) is 0.185. The van der Waals surface area contributed by atoms with Crippen LogP contribution in [0.1, 0.15) is 22.8 Å². The van der Waals surface area contributed by atoms with Crippen LogP contribution < -0.4 is 15.0 Å². The predicted molar refractivity (Wildman–Crippen MR) is 145 cm³/mol. The SMILES string of the molecule is CCOC(=O)c1cnc(N(C)Cc2cnn(-c3ccccc3)c2)nc1Nc1cccc(-c2nc[nH]n2)c1OC. The Morgan fingerprint density at radius 2 is 1.95 bits per heavy atom. The van der Waals surface area contributed by atoms with Crippen LogP contribution in [0.2, 0.25) is 0 Å². The number of benzene rings is 2. The highest BCUT2D eigenvalue weighted by atomic mass is 16.5. The summed E-state index contributed by atoms with van der Waals surface area (Å²) in [6.07, 6.45) is 6.70. The molecule has 0 atom stereocenters. The van der Waals surface area contributed by atoms with Crippen molar-refractivity contribution in [2.75, 3.05) is 31.0 Å². The van der Waals surface area contributed by atoms with E-state index in [2.05, 4.69) is 35.6 Å². The van der Waals surface area contributed by atoms with Gasteiger partial charge in [-0.25, -0.2) is 19.4 Å². The average Bonchev–Trinajstić information content (AvgIpc) is 3.66. The molecule has 3 aromatic heterocycles. The molecule has 0 saturated heterocycles. The lowest BCUT2D eigenvalue weighted by atomic mass is 10.1. The summed E-state index contributed by atoms with van der Waals surface area (Å²) >= 11 is 0. The largest absolute Gasteiger partial charge is 0.494 e. The minimum absolute atomic E-state index is 0.191. The van der Waals surface area contributed by atoms with E-state index >= 15 is 0 Å². The normalized spacial score (nSPS) is 10.7. The number of para-hydroxylation sites is 2. The monoisotopic (exact) mass is 525 g/mol. The molecule has 3 heterocycles. The molecule has 2 N–H and O–H groups in total. The van der Waals surface area contributed by atoms with Crippen molar-refractivity contribution in [3.05, 3.63) is 84.6 Å². The average molecular weight is 526 g/mol. The van der Waals surface area contributed by atoms with Crippen molar-refractivity contribution in [3.63, 3.8) is 0 Å². The third-order valence-corrected chi connectivity index (χ3v) is 5.82. The van der Waals surface area contributed by atoms with Gasteiger partial charge in [0.1, 0.15) is 11.9 Å². The molecule has 5 aromatic rings. The van der Waals surface area contributed by atoms with E-state index in [1.54, 1.807) is 20.2 Å². The van der Waals surface area contributed by atoms with Crippen LogP contribution in [-0.2, 0) is 11.3 Å². The van der Waals surface area contributed by atoms with Crippen LogP contribution >= 0.6 is 0 Å². The standard InChI is InChI=1S/C27H27N9O3/c1-4-39-26(37)21-14-28-27(35(2)15-18-13-31-36(16-18)19-9-6-5-7-10-19)33-25(21)32-22-12-8-11-20(23(22)38-3)24-29-17-30-34-24/h5-14,16-17H,4,15H2,1-3H3,(H,28,32,33)(H,29,30,34). The van der Waals surface area contributed by atoms with E-state index in [-0.39, 0.29) is 18.0 Å². The molecule has 12 nitrogen and oxygen atoms in total. The molecule has 5 rings (SSSR count). The molecule has 39 heavy (non-hydrogen) atoms. The van der Waals surface area contributed by atoms with E-state index < -0.39 is 5.97 Å². The Morgan fingerprint density at radius 1 is 1.10 bits per heavy atom. The lowest BCUT2D eigenvalue weighted by molar-refractivity contribution is 0.0526. The first kappa shape index (κ1) is 25.4. The van der Waals surface area contributed by atoms with E-state index in [4.69, 9.17) is 9.47 Å². The number of H-pyrrole nitrogens is 1. The lowest BCUT2D eigenvalue weighted by Crippen LogP contribution is -2.20. The van der Waals surface area contributed by atoms with Gasteiger partial charge in [0.25, 0.3) is 0 Å². The highest BCUT2D eigenvalue weighted by Gasteiger charge is 2.21. The van der Waals surface area contributed by atoms with Crippen molar-refractivity contribution < 1.29 is 14.3 Å². The predicted octanol–water partition coefficient (Wildman–Crippen LogP) is 4.01. The number of anilines is 3. The topological polar surface area (TPSA) is 136 Å². The first-order chi connectivity index (χ1) is 19.1. The minimum Gasteiger partial charge on any atom is -0.494 e. The van der Waals surface area contributed by atoms with Gasteiger partial charge >= 0.3 is 5.97 Å². The molecule has 0 amide bonds. The van der Waals surface area contributed by atoms with Crippen molar-refractivity contribution in [2.24, 2.45) is 0 Å². The fourth-order valence-corrected chi connectivity index (χ4v) is 4.02. The number of carbonyl (C=O) groups excluding carboxylic acids is 1. The van der Waals surface area contributed by atoms with Gasteiger partial charge in [-0.05, 0) is 31.2 Å². The van der Waals surface area contributed by atoms with E-state index in [1.165, 1.54) is 12.5 Å². The molecular formula is C27H27N9O3. The molecule has 198 valence electrons. The molecule has 0 aliphatic rings. The van der Waals surface area contributed by atoms with Gasteiger partial charge in [-0.1, -0.05) is 24.3 Å². The molecule has 0 unspecified atom stereocenters. The Morgan fingerprint density at radius 3 is 2.69 bits per heavy atom. The van der Waals surface area contributed by atoms with Crippen molar-refractivity contribution in [1.82, 2.24) is 34.9 Å². The number of nitrogens with one attached hydrogen (secondary N) is 2. The molecule has 0 saturated carbocycles. The zero-order chi connectivity index (χ0) is 27.2. The fourth-order valence-electron chi connectivity index (χ4n) is 4.02. The summed E-state index contributed by atoms with van der Waals surface area (Å²) in [7, 11) is 3.42. The van der Waals surface area contributed by atoms with Crippen LogP contribution in [0.15, 0.2) is 73.4 Å². The van der Waals surface area contributed by atoms with Gasteiger partial charge in [0, 0.05) is 31.5 Å². The van der Waals surface area contributed by atoms with E-state index in [0.29, 0.717) is 35.3 Å². The van der Waals surface area contributed by atoms with Crippen LogP contribution in [0, 0.1) is 0 Å². The van der Waals surface area contributed by atoms with Gasteiger partial charge in [0.05, 0.1) is 36.9 Å². The number of rotatable bonds is 10. The summed E-state index contributed by atoms with van der Waals surface area (Å²) in [5.41, 5.74) is 3.37. The number of nitrogens with zero attached hydrogens (tertiary/aromatic N) is 7. The van der Waals surface area contributed by atoms with Crippen molar-refractivity contribution in [2.45, 2.75) is 13.5 Å². The summed E-state index contributed by atoms with van der Waals surface area (Å²) in [6.45, 7) is 2.45. The number of methoxy groups -OCH3 is 1. The van der Waals surface area contributed by atoms with Crippen LogP contribution in [-0.4, -0.2) is 61.7 Å². The molecule has 2 aromatic carbocycles. The van der Waals surface area contributed by atoms with Gasteiger partial charge < -0.3 is 19.7 Å². The minimum atomic E-state index is -0.539. The zero-order valence-corrected chi connectivity index (χ0v) is 21.7. The number of aromatic nitrogens is 7. The highest BCUT2D eigenvalue weighted by Crippen LogP contribution is 2.36. The van der Waals surface area contributed by atoms with Crippen molar-refractivity contribution in [3.8, 4) is 22.8 Å². The van der Waals surface area contributed by atoms with Crippen LogP contribution in [0.5, 0.6) is 5.75 Å². The van der Waals surface area contributed by atoms with E-state index in [1.807, 2.05) is 71.4 Å². The quantitative estimate of drug-likeness (QED) is 0.257. The number of hydrogen-bond acceptors (Lipinski definition) is 10. The smallest absolute Gasteiger partial charge is 0.343 e. The second kappa shape index (κ2) is 11.4. The third kappa shape index (κ3) is 5.54. The summed E-state index contributed by atoms with van der Waals surface area (Å²) in [6, 6.07) is 15.4. The van der Waals surface area contributed by atoms with Gasteiger partial charge in [-0.3, -0.25) is 5.10 Å². The van der Waals surface area contributed by atoms with Gasteiger partial charge in [-0.15, -0.1) is 0 Å². The maximum Gasteiger partial charge on any atom is 0.343 e. The number of carbonyl (C=O) groups is 1. The third-order valence-electron chi connectivity index (χ3n) is 5.82. The van der Waals surface area contributed by atoms with Crippen LogP contribution in [0.3, 0.4) is 0 Å². The van der Waals surface area contributed by atoms with Crippen LogP contribution in [0.25, 0.3) is 17.1 Å². The maximum atomic E-state index is 12.8. The molecule has 0 spiro atoms. The number of aromatic amines is 1. The second-order valence-corrected chi connectivity index (χ2v) is 8.47. The Bertz CT molecular complexity index is 1550. The molecule has 0 bridgehead atoms. The Labute approximate surface area is 224 Å². The van der Waals surface area contributed by atoms with Crippen LogP contribution in [0.4, 0.5) is 17.5 Å².